The summed E-state index contributed by atoms with van der Waals surface area (Å²) in [6, 6.07) is 17.4. The highest BCUT2D eigenvalue weighted by Crippen LogP contribution is 2.31. The number of allylic oxidation sites excluding steroid dienone is 4. The monoisotopic (exact) mass is 493 g/mol. The molecular weight excluding hydrogens is 458 g/mol. The molecule has 37 heavy (non-hydrogen) atoms. The van der Waals surface area contributed by atoms with Gasteiger partial charge >= 0.3 is 0 Å². The fraction of sp³-hybridized carbons (Fsp3) is 0.300. The number of nitrogens with one attached hydrogen (secondary N) is 1. The van der Waals surface area contributed by atoms with E-state index in [9.17, 15) is 0 Å². The van der Waals surface area contributed by atoms with Crippen molar-refractivity contribution in [2.75, 3.05) is 5.73 Å². The first-order valence-corrected chi connectivity index (χ1v) is 13.1. The number of pyridine rings is 2. The largest absolute Gasteiger partial charge is 0.383 e. The molecule has 5 rings (SSSR count). The SMILES string of the molecule is C/C=C\C(=C/C)c1ccc2nc(-c3cccnc3N)n(-c3ccc(CNC4CCC(N)CC4)cc3)c2n1. The fourth-order valence-electron chi connectivity index (χ4n) is 5.01. The van der Waals surface area contributed by atoms with E-state index in [4.69, 9.17) is 21.4 Å². The number of benzene rings is 1. The first kappa shape index (κ1) is 24.9. The van der Waals surface area contributed by atoms with Crippen molar-refractivity contribution in [3.63, 3.8) is 0 Å². The normalized spacial score (nSPS) is 18.6. The number of anilines is 1. The molecule has 1 saturated carbocycles. The highest BCUT2D eigenvalue weighted by atomic mass is 15.1. The Hall–Kier alpha value is -3.81. The van der Waals surface area contributed by atoms with Gasteiger partial charge in [0, 0.05) is 30.5 Å². The first-order valence-electron chi connectivity index (χ1n) is 13.1. The molecule has 1 aliphatic rings. The van der Waals surface area contributed by atoms with Crippen LogP contribution >= 0.6 is 0 Å². The van der Waals surface area contributed by atoms with Crippen molar-refractivity contribution in [2.24, 2.45) is 5.73 Å². The molecule has 7 nitrogen and oxygen atoms in total. The lowest BCUT2D eigenvalue weighted by molar-refractivity contribution is 0.342. The van der Waals surface area contributed by atoms with Crippen LogP contribution < -0.4 is 16.8 Å². The Morgan fingerprint density at radius 1 is 1.03 bits per heavy atom. The molecule has 1 fully saturated rings. The van der Waals surface area contributed by atoms with Crippen LogP contribution in [0.4, 0.5) is 5.82 Å². The van der Waals surface area contributed by atoms with E-state index in [1.54, 1.807) is 6.20 Å². The van der Waals surface area contributed by atoms with Gasteiger partial charge in [-0.05, 0) is 87.1 Å². The summed E-state index contributed by atoms with van der Waals surface area (Å²) < 4.78 is 2.08. The lowest BCUT2D eigenvalue weighted by atomic mass is 9.92. The van der Waals surface area contributed by atoms with Crippen molar-refractivity contribution in [3.05, 3.63) is 84.2 Å². The standard InChI is InChI=1S/C30H35N7/c1-3-6-21(4-2)26-16-17-27-30(35-26)37(29(36-27)25-7-5-18-33-28(25)32)24-14-8-20(9-15-24)19-34-23-12-10-22(31)11-13-23/h3-9,14-18,22-23,34H,10-13,19,31H2,1-2H3,(H2,32,33)/b6-3-,21-4+. The molecular formula is C30H35N7. The van der Waals surface area contributed by atoms with Gasteiger partial charge in [0.1, 0.15) is 11.3 Å². The Kier molecular flexibility index (Phi) is 7.44. The number of nitrogen functional groups attached to an aromatic ring is 1. The summed E-state index contributed by atoms with van der Waals surface area (Å²) in [6.45, 7) is 4.87. The number of imidazole rings is 1. The first-order chi connectivity index (χ1) is 18.1. The molecule has 0 amide bonds. The number of hydrogen-bond acceptors (Lipinski definition) is 6. The Bertz CT molecular complexity index is 1420. The maximum absolute atomic E-state index is 6.28. The molecule has 0 bridgehead atoms. The van der Waals surface area contributed by atoms with Gasteiger partial charge in [-0.3, -0.25) is 4.57 Å². The number of fused-ring (bicyclic) bond motifs is 1. The maximum Gasteiger partial charge on any atom is 0.165 e. The zero-order valence-corrected chi connectivity index (χ0v) is 21.6. The third-order valence-corrected chi connectivity index (χ3v) is 7.10. The van der Waals surface area contributed by atoms with Crippen molar-refractivity contribution >= 4 is 22.6 Å². The molecule has 3 aromatic heterocycles. The number of rotatable bonds is 7. The number of aromatic nitrogens is 4. The second-order valence-corrected chi connectivity index (χ2v) is 9.65. The zero-order valence-electron chi connectivity index (χ0n) is 21.6. The Morgan fingerprint density at radius 2 is 1.81 bits per heavy atom. The minimum absolute atomic E-state index is 0.362. The van der Waals surface area contributed by atoms with Gasteiger partial charge in [-0.1, -0.05) is 30.4 Å². The molecule has 7 heteroatoms. The van der Waals surface area contributed by atoms with Crippen molar-refractivity contribution in [2.45, 2.75) is 58.2 Å². The average Bonchev–Trinajstić information content (AvgIpc) is 3.30. The van der Waals surface area contributed by atoms with E-state index >= 15 is 0 Å². The van der Waals surface area contributed by atoms with Gasteiger partial charge in [0.25, 0.3) is 0 Å². The van der Waals surface area contributed by atoms with Gasteiger partial charge < -0.3 is 16.8 Å². The summed E-state index contributed by atoms with van der Waals surface area (Å²) in [5.74, 6) is 1.16. The number of nitrogens with zero attached hydrogens (tertiary/aromatic N) is 4. The summed E-state index contributed by atoms with van der Waals surface area (Å²) in [7, 11) is 0. The lowest BCUT2D eigenvalue weighted by Crippen LogP contribution is -2.37. The Balaban J connectivity index is 1.53. The minimum Gasteiger partial charge on any atom is -0.383 e. The van der Waals surface area contributed by atoms with Gasteiger partial charge in [-0.2, -0.15) is 0 Å². The second-order valence-electron chi connectivity index (χ2n) is 9.65. The van der Waals surface area contributed by atoms with E-state index < -0.39 is 0 Å². The van der Waals surface area contributed by atoms with E-state index in [1.165, 1.54) is 5.56 Å². The molecule has 0 unspecified atom stereocenters. The van der Waals surface area contributed by atoms with Crippen LogP contribution in [0.2, 0.25) is 0 Å². The van der Waals surface area contributed by atoms with E-state index in [0.29, 0.717) is 17.9 Å². The molecule has 0 saturated heterocycles. The van der Waals surface area contributed by atoms with Crippen LogP contribution in [0, 0.1) is 0 Å². The smallest absolute Gasteiger partial charge is 0.165 e. The van der Waals surface area contributed by atoms with E-state index in [2.05, 4.69) is 51.3 Å². The number of nitrogens with two attached hydrogens (primary N) is 2. The highest BCUT2D eigenvalue weighted by molar-refractivity contribution is 5.85. The number of hydrogen-bond donors (Lipinski definition) is 3. The molecule has 4 aromatic rings. The Morgan fingerprint density at radius 3 is 2.51 bits per heavy atom. The summed E-state index contributed by atoms with van der Waals surface area (Å²) >= 11 is 0. The van der Waals surface area contributed by atoms with Gasteiger partial charge in [0.2, 0.25) is 0 Å². The third kappa shape index (κ3) is 5.33. The van der Waals surface area contributed by atoms with Crippen LogP contribution in [-0.4, -0.2) is 31.6 Å². The van der Waals surface area contributed by atoms with Crippen molar-refractivity contribution in [1.82, 2.24) is 24.8 Å². The van der Waals surface area contributed by atoms with Gasteiger partial charge in [0.05, 0.1) is 11.3 Å². The van der Waals surface area contributed by atoms with Crippen molar-refractivity contribution in [1.29, 1.82) is 0 Å². The van der Waals surface area contributed by atoms with E-state index in [0.717, 1.165) is 71.7 Å². The molecule has 0 aliphatic heterocycles. The molecule has 1 aliphatic carbocycles. The minimum atomic E-state index is 0.362. The van der Waals surface area contributed by atoms with Crippen molar-refractivity contribution < 1.29 is 0 Å². The molecule has 3 heterocycles. The maximum atomic E-state index is 6.28. The van der Waals surface area contributed by atoms with Crippen LogP contribution in [0.5, 0.6) is 0 Å². The average molecular weight is 494 g/mol. The topological polar surface area (TPSA) is 108 Å². The molecule has 190 valence electrons. The van der Waals surface area contributed by atoms with Crippen LogP contribution in [0.25, 0.3) is 33.8 Å². The summed E-state index contributed by atoms with van der Waals surface area (Å²) in [6.07, 6.45) is 12.3. The summed E-state index contributed by atoms with van der Waals surface area (Å²) in [4.78, 5) is 14.3. The second kappa shape index (κ2) is 11.1. The van der Waals surface area contributed by atoms with Crippen LogP contribution in [-0.2, 0) is 6.54 Å². The predicted octanol–water partition coefficient (Wildman–Crippen LogP) is 5.40. The zero-order chi connectivity index (χ0) is 25.8. The lowest BCUT2D eigenvalue weighted by Gasteiger charge is -2.27. The molecule has 0 atom stereocenters. The van der Waals surface area contributed by atoms with Crippen LogP contribution in [0.1, 0.15) is 50.8 Å². The van der Waals surface area contributed by atoms with E-state index in [-0.39, 0.29) is 0 Å². The third-order valence-electron chi connectivity index (χ3n) is 7.10. The van der Waals surface area contributed by atoms with E-state index in [1.807, 2.05) is 44.2 Å². The van der Waals surface area contributed by atoms with Crippen LogP contribution in [0.3, 0.4) is 0 Å². The van der Waals surface area contributed by atoms with Crippen LogP contribution in [0.15, 0.2) is 73.0 Å². The van der Waals surface area contributed by atoms with Gasteiger partial charge in [-0.15, -0.1) is 0 Å². The van der Waals surface area contributed by atoms with Gasteiger partial charge in [-0.25, -0.2) is 15.0 Å². The molecule has 5 N–H and O–H groups in total. The molecule has 0 spiro atoms. The van der Waals surface area contributed by atoms with Crippen molar-refractivity contribution in [3.8, 4) is 17.1 Å². The molecule has 1 aromatic carbocycles. The Labute approximate surface area is 218 Å². The summed E-state index contributed by atoms with van der Waals surface area (Å²) in [5.41, 5.74) is 18.9. The predicted molar refractivity (Wildman–Crippen MR) is 152 cm³/mol. The molecule has 0 radical (unpaired) electrons. The fourth-order valence-corrected chi connectivity index (χ4v) is 5.01. The van der Waals surface area contributed by atoms with Gasteiger partial charge in [0.15, 0.2) is 11.5 Å². The summed E-state index contributed by atoms with van der Waals surface area (Å²) in [5, 5.41) is 3.70. The quantitative estimate of drug-likeness (QED) is 0.297. The highest BCUT2D eigenvalue weighted by Gasteiger charge is 2.20.